The van der Waals surface area contributed by atoms with Crippen LogP contribution in [0.2, 0.25) is 0 Å². The minimum absolute atomic E-state index is 0.108. The second-order valence-electron chi connectivity index (χ2n) is 5.55. The van der Waals surface area contributed by atoms with Crippen molar-refractivity contribution in [2.24, 2.45) is 0 Å². The second-order valence-corrected chi connectivity index (χ2v) is 6.22. The molecule has 120 valence electrons. The van der Waals surface area contributed by atoms with Crippen LogP contribution < -0.4 is 5.32 Å². The quantitative estimate of drug-likeness (QED) is 0.812. The van der Waals surface area contributed by atoms with E-state index in [0.29, 0.717) is 25.2 Å². The number of hydrogen-bond donors (Lipinski definition) is 1. The Kier molecular flexibility index (Phi) is 5.01. The molecule has 1 aromatic heterocycles. The van der Waals surface area contributed by atoms with Crippen LogP contribution in [0.3, 0.4) is 0 Å². The highest BCUT2D eigenvalue weighted by molar-refractivity contribution is 7.03. The number of amides is 2. The van der Waals surface area contributed by atoms with Crippen molar-refractivity contribution in [3.05, 3.63) is 17.1 Å². The van der Waals surface area contributed by atoms with Gasteiger partial charge in [0.15, 0.2) is 0 Å². The van der Waals surface area contributed by atoms with Crippen molar-refractivity contribution in [1.82, 2.24) is 19.5 Å². The molecule has 1 N–H and O–H groups in total. The van der Waals surface area contributed by atoms with Gasteiger partial charge in [0.1, 0.15) is 5.69 Å². The van der Waals surface area contributed by atoms with E-state index < -0.39 is 0 Å². The van der Waals surface area contributed by atoms with Crippen LogP contribution in [0.15, 0.2) is 11.4 Å². The minimum Gasteiger partial charge on any atom is -0.379 e. The Morgan fingerprint density at radius 3 is 2.95 bits per heavy atom. The fourth-order valence-corrected chi connectivity index (χ4v) is 3.27. The molecule has 2 aliphatic heterocycles. The van der Waals surface area contributed by atoms with Gasteiger partial charge in [-0.15, -0.1) is 0 Å². The Balaban J connectivity index is 1.45. The molecule has 0 spiro atoms. The largest absolute Gasteiger partial charge is 0.379 e. The average molecular weight is 324 g/mol. The summed E-state index contributed by atoms with van der Waals surface area (Å²) in [6.45, 7) is 5.53. The normalized spacial score (nSPS) is 23.0. The highest BCUT2D eigenvalue weighted by atomic mass is 32.1. The molecule has 2 amide bonds. The molecule has 3 rings (SSSR count). The number of likely N-dealkylation sites (tertiary alicyclic amines) is 1. The number of aromatic nitrogens is 1. The Bertz CT molecular complexity index is 516. The van der Waals surface area contributed by atoms with Crippen molar-refractivity contribution in [2.75, 3.05) is 45.9 Å². The molecule has 8 heteroatoms. The maximum absolute atomic E-state index is 12.0. The summed E-state index contributed by atoms with van der Waals surface area (Å²) in [5.74, 6) is -0.0917. The molecule has 2 fully saturated rings. The van der Waals surface area contributed by atoms with E-state index in [0.717, 1.165) is 32.8 Å². The van der Waals surface area contributed by atoms with Gasteiger partial charge in [0.2, 0.25) is 5.91 Å². The molecule has 7 nitrogen and oxygen atoms in total. The van der Waals surface area contributed by atoms with Gasteiger partial charge in [0, 0.05) is 44.5 Å². The zero-order valence-electron chi connectivity index (χ0n) is 12.4. The molecule has 22 heavy (non-hydrogen) atoms. The number of carbonyl (C=O) groups is 2. The maximum atomic E-state index is 12.0. The molecular weight excluding hydrogens is 304 g/mol. The van der Waals surface area contributed by atoms with E-state index in [1.165, 1.54) is 11.5 Å². The van der Waals surface area contributed by atoms with Crippen LogP contribution >= 0.6 is 11.5 Å². The van der Waals surface area contributed by atoms with Crippen molar-refractivity contribution in [1.29, 1.82) is 0 Å². The Morgan fingerprint density at radius 1 is 1.41 bits per heavy atom. The molecule has 3 heterocycles. The van der Waals surface area contributed by atoms with E-state index in [4.69, 9.17) is 4.74 Å². The van der Waals surface area contributed by atoms with Gasteiger partial charge < -0.3 is 15.0 Å². The minimum atomic E-state index is -0.200. The molecule has 0 aliphatic carbocycles. The third kappa shape index (κ3) is 3.82. The van der Waals surface area contributed by atoms with Crippen LogP contribution in [0, 0.1) is 0 Å². The lowest BCUT2D eigenvalue weighted by molar-refractivity contribution is -0.128. The van der Waals surface area contributed by atoms with Gasteiger partial charge in [-0.05, 0) is 17.6 Å². The summed E-state index contributed by atoms with van der Waals surface area (Å²) in [6.07, 6.45) is 0.374. The molecule has 1 atom stereocenters. The van der Waals surface area contributed by atoms with Crippen LogP contribution in [-0.4, -0.2) is 78.0 Å². The maximum Gasteiger partial charge on any atom is 0.271 e. The molecule has 0 bridgehead atoms. The van der Waals surface area contributed by atoms with Crippen molar-refractivity contribution >= 4 is 23.3 Å². The molecule has 0 aromatic carbocycles. The van der Waals surface area contributed by atoms with E-state index in [-0.39, 0.29) is 17.9 Å². The zero-order valence-corrected chi connectivity index (χ0v) is 13.2. The number of rotatable bonds is 5. The number of morpholine rings is 1. The first-order chi connectivity index (χ1) is 10.7. The molecule has 0 saturated carbocycles. The van der Waals surface area contributed by atoms with E-state index >= 15 is 0 Å². The highest BCUT2D eigenvalue weighted by Gasteiger charge is 2.31. The third-order valence-electron chi connectivity index (χ3n) is 4.01. The van der Waals surface area contributed by atoms with Crippen molar-refractivity contribution in [3.8, 4) is 0 Å². The SMILES string of the molecule is O=C(NC1CC(=O)N(CCN2CCOCC2)C1)c1ccsn1. The molecule has 1 unspecified atom stereocenters. The fraction of sp³-hybridized carbons (Fsp3) is 0.643. The van der Waals surface area contributed by atoms with Gasteiger partial charge in [-0.3, -0.25) is 14.5 Å². The monoisotopic (exact) mass is 324 g/mol. The molecule has 0 radical (unpaired) electrons. The van der Waals surface area contributed by atoms with Crippen LogP contribution in [0.5, 0.6) is 0 Å². The van der Waals surface area contributed by atoms with E-state index in [1.807, 2.05) is 4.90 Å². The summed E-state index contributed by atoms with van der Waals surface area (Å²) in [6, 6.07) is 1.57. The van der Waals surface area contributed by atoms with Crippen molar-refractivity contribution < 1.29 is 14.3 Å². The predicted molar refractivity (Wildman–Crippen MR) is 81.8 cm³/mol. The van der Waals surface area contributed by atoms with Gasteiger partial charge in [-0.2, -0.15) is 4.37 Å². The van der Waals surface area contributed by atoms with E-state index in [2.05, 4.69) is 14.6 Å². The van der Waals surface area contributed by atoms with Gasteiger partial charge in [-0.1, -0.05) is 0 Å². The number of hydrogen-bond acceptors (Lipinski definition) is 6. The summed E-state index contributed by atoms with van der Waals surface area (Å²) >= 11 is 1.25. The number of nitrogens with one attached hydrogen (secondary N) is 1. The Morgan fingerprint density at radius 2 is 2.23 bits per heavy atom. The number of ether oxygens (including phenoxy) is 1. The highest BCUT2D eigenvalue weighted by Crippen LogP contribution is 2.12. The molecule has 2 saturated heterocycles. The van der Waals surface area contributed by atoms with Crippen LogP contribution in [0.1, 0.15) is 16.9 Å². The Hall–Kier alpha value is -1.51. The van der Waals surface area contributed by atoms with Crippen molar-refractivity contribution in [3.63, 3.8) is 0 Å². The average Bonchev–Trinajstić information content (AvgIpc) is 3.16. The third-order valence-corrected chi connectivity index (χ3v) is 4.57. The lowest BCUT2D eigenvalue weighted by Gasteiger charge is -2.28. The smallest absolute Gasteiger partial charge is 0.271 e. The van der Waals surface area contributed by atoms with Gasteiger partial charge in [0.05, 0.1) is 19.3 Å². The zero-order chi connectivity index (χ0) is 15.4. The van der Waals surface area contributed by atoms with Gasteiger partial charge in [0.25, 0.3) is 5.91 Å². The first-order valence-corrected chi connectivity index (χ1v) is 8.35. The summed E-state index contributed by atoms with van der Waals surface area (Å²) < 4.78 is 9.32. The van der Waals surface area contributed by atoms with Crippen LogP contribution in [0.4, 0.5) is 0 Å². The summed E-state index contributed by atoms with van der Waals surface area (Å²) in [5, 5.41) is 4.66. The lowest BCUT2D eigenvalue weighted by atomic mass is 10.2. The van der Waals surface area contributed by atoms with Gasteiger partial charge in [-0.25, -0.2) is 0 Å². The first kappa shape index (κ1) is 15.4. The number of carbonyl (C=O) groups excluding carboxylic acids is 2. The van der Waals surface area contributed by atoms with Crippen molar-refractivity contribution in [2.45, 2.75) is 12.5 Å². The molecule has 2 aliphatic rings. The van der Waals surface area contributed by atoms with E-state index in [9.17, 15) is 9.59 Å². The lowest BCUT2D eigenvalue weighted by Crippen LogP contribution is -2.42. The summed E-state index contributed by atoms with van der Waals surface area (Å²) in [4.78, 5) is 28.1. The standard InChI is InChI=1S/C14H20N4O3S/c19-13-9-11(15-14(20)12-1-8-22-16-12)10-18(13)3-2-17-4-6-21-7-5-17/h1,8,11H,2-7,9-10H2,(H,15,20). The molecular formula is C14H20N4O3S. The fourth-order valence-electron chi connectivity index (χ4n) is 2.76. The first-order valence-electron chi connectivity index (χ1n) is 7.51. The summed E-state index contributed by atoms with van der Waals surface area (Å²) in [7, 11) is 0. The molecule has 1 aromatic rings. The van der Waals surface area contributed by atoms with Gasteiger partial charge >= 0.3 is 0 Å². The van der Waals surface area contributed by atoms with E-state index in [1.54, 1.807) is 11.4 Å². The van der Waals surface area contributed by atoms with Crippen LogP contribution in [0.25, 0.3) is 0 Å². The predicted octanol–water partition coefficient (Wildman–Crippen LogP) is -0.194. The Labute approximate surface area is 133 Å². The topological polar surface area (TPSA) is 74.8 Å². The van der Waals surface area contributed by atoms with Crippen LogP contribution in [-0.2, 0) is 9.53 Å². The number of nitrogens with zero attached hydrogens (tertiary/aromatic N) is 3. The second kappa shape index (κ2) is 7.17. The summed E-state index contributed by atoms with van der Waals surface area (Å²) in [5.41, 5.74) is 0.421.